The predicted octanol–water partition coefficient (Wildman–Crippen LogP) is 6.88. The van der Waals surface area contributed by atoms with Crippen LogP contribution in [0.5, 0.6) is 11.5 Å². The smallest absolute Gasteiger partial charge is 0.343 e. The van der Waals surface area contributed by atoms with E-state index in [1.165, 1.54) is 5.56 Å². The van der Waals surface area contributed by atoms with Gasteiger partial charge in [0.2, 0.25) is 0 Å². The zero-order chi connectivity index (χ0) is 24.6. The van der Waals surface area contributed by atoms with Gasteiger partial charge in [-0.25, -0.2) is 4.79 Å². The van der Waals surface area contributed by atoms with Gasteiger partial charge in [-0.05, 0) is 72.0 Å². The molecule has 0 saturated heterocycles. The van der Waals surface area contributed by atoms with Gasteiger partial charge in [-0.2, -0.15) is 0 Å². The molecule has 4 heteroatoms. The van der Waals surface area contributed by atoms with Crippen LogP contribution in [-0.2, 0) is 6.42 Å². The summed E-state index contributed by atoms with van der Waals surface area (Å²) in [5.74, 6) is 0.989. The summed E-state index contributed by atoms with van der Waals surface area (Å²) >= 11 is 0. The van der Waals surface area contributed by atoms with Crippen LogP contribution < -0.4 is 9.47 Å². The number of hydrogen-bond acceptors (Lipinski definition) is 4. The number of carbonyl (C=O) groups is 2. The van der Waals surface area contributed by atoms with Crippen molar-refractivity contribution in [3.63, 3.8) is 0 Å². The number of ketones is 1. The summed E-state index contributed by atoms with van der Waals surface area (Å²) in [5, 5.41) is 0. The number of esters is 1. The SMILES string of the molecule is COc1ccc(Cc2ccc(OC(=O)c3ccc(C=Cc4ccc(C(C)=O)cc4)cc3)cc2)cc1. The third-order valence-electron chi connectivity index (χ3n) is 5.63. The highest BCUT2D eigenvalue weighted by atomic mass is 16.5. The normalized spacial score (nSPS) is 10.8. The lowest BCUT2D eigenvalue weighted by Crippen LogP contribution is -2.08. The lowest BCUT2D eigenvalue weighted by molar-refractivity contribution is 0.0734. The van der Waals surface area contributed by atoms with Crippen molar-refractivity contribution >= 4 is 23.9 Å². The van der Waals surface area contributed by atoms with Crippen LogP contribution >= 0.6 is 0 Å². The van der Waals surface area contributed by atoms with Crippen LogP contribution in [0.1, 0.15) is 49.9 Å². The van der Waals surface area contributed by atoms with Crippen molar-refractivity contribution in [2.24, 2.45) is 0 Å². The molecule has 4 aromatic rings. The second kappa shape index (κ2) is 11.1. The molecule has 0 saturated carbocycles. The standard InChI is InChI=1S/C31H26O4/c1-22(32)27-13-5-23(6-14-27)3-4-24-7-15-28(16-8-24)31(33)35-30-19-11-26(12-20-30)21-25-9-17-29(34-2)18-10-25/h3-20H,21H2,1-2H3. The van der Waals surface area contributed by atoms with E-state index in [1.54, 1.807) is 26.2 Å². The maximum atomic E-state index is 12.5. The monoisotopic (exact) mass is 462 g/mol. The third kappa shape index (κ3) is 6.55. The molecular formula is C31H26O4. The molecule has 0 radical (unpaired) electrons. The Labute approximate surface area is 205 Å². The Morgan fingerprint density at radius 1 is 0.629 bits per heavy atom. The number of hydrogen-bond donors (Lipinski definition) is 0. The number of benzene rings is 4. The van der Waals surface area contributed by atoms with Crippen LogP contribution in [0.2, 0.25) is 0 Å². The first-order chi connectivity index (χ1) is 17.0. The number of rotatable bonds is 8. The van der Waals surface area contributed by atoms with Gasteiger partial charge in [-0.3, -0.25) is 4.79 Å². The van der Waals surface area contributed by atoms with Crippen molar-refractivity contribution in [3.05, 3.63) is 130 Å². The van der Waals surface area contributed by atoms with Gasteiger partial charge in [0.05, 0.1) is 12.7 Å². The van der Waals surface area contributed by atoms with E-state index >= 15 is 0 Å². The number of Topliss-reactive ketones (excluding diaryl/α,β-unsaturated/α-hetero) is 1. The van der Waals surface area contributed by atoms with Crippen LogP contribution in [-0.4, -0.2) is 18.9 Å². The van der Waals surface area contributed by atoms with Gasteiger partial charge < -0.3 is 9.47 Å². The second-order valence-electron chi connectivity index (χ2n) is 8.19. The lowest BCUT2D eigenvalue weighted by atomic mass is 10.0. The minimum absolute atomic E-state index is 0.0486. The molecule has 0 aromatic heterocycles. The molecule has 4 rings (SSSR count). The fourth-order valence-corrected chi connectivity index (χ4v) is 3.57. The average molecular weight is 463 g/mol. The Bertz CT molecular complexity index is 1320. The highest BCUT2D eigenvalue weighted by molar-refractivity contribution is 5.94. The molecule has 0 fully saturated rings. The quantitative estimate of drug-likeness (QED) is 0.124. The molecule has 174 valence electrons. The van der Waals surface area contributed by atoms with Crippen molar-refractivity contribution in [1.82, 2.24) is 0 Å². The third-order valence-corrected chi connectivity index (χ3v) is 5.63. The Morgan fingerprint density at radius 2 is 1.09 bits per heavy atom. The summed E-state index contributed by atoms with van der Waals surface area (Å²) in [5.41, 5.74) is 5.43. The average Bonchev–Trinajstić information content (AvgIpc) is 2.89. The Balaban J connectivity index is 1.33. The van der Waals surface area contributed by atoms with Crippen molar-refractivity contribution in [3.8, 4) is 11.5 Å². The molecule has 35 heavy (non-hydrogen) atoms. The molecule has 0 atom stereocenters. The Morgan fingerprint density at radius 3 is 1.54 bits per heavy atom. The summed E-state index contributed by atoms with van der Waals surface area (Å²) in [4.78, 5) is 23.9. The lowest BCUT2D eigenvalue weighted by Gasteiger charge is -2.07. The molecule has 0 amide bonds. The first-order valence-corrected chi connectivity index (χ1v) is 11.3. The van der Waals surface area contributed by atoms with Crippen molar-refractivity contribution < 1.29 is 19.1 Å². The molecule has 0 unspecified atom stereocenters. The van der Waals surface area contributed by atoms with E-state index in [9.17, 15) is 9.59 Å². The summed E-state index contributed by atoms with van der Waals surface area (Å²) in [7, 11) is 1.65. The summed E-state index contributed by atoms with van der Waals surface area (Å²) in [6.45, 7) is 1.55. The first kappa shape index (κ1) is 23.7. The number of ether oxygens (including phenoxy) is 2. The molecule has 0 heterocycles. The fourth-order valence-electron chi connectivity index (χ4n) is 3.57. The van der Waals surface area contributed by atoms with E-state index in [1.807, 2.05) is 97.1 Å². The van der Waals surface area contributed by atoms with Gasteiger partial charge in [-0.1, -0.05) is 72.8 Å². The van der Waals surface area contributed by atoms with E-state index in [-0.39, 0.29) is 5.78 Å². The van der Waals surface area contributed by atoms with Gasteiger partial charge >= 0.3 is 5.97 Å². The van der Waals surface area contributed by atoms with E-state index in [2.05, 4.69) is 0 Å². The van der Waals surface area contributed by atoms with Gasteiger partial charge in [-0.15, -0.1) is 0 Å². The van der Waals surface area contributed by atoms with Crippen molar-refractivity contribution in [2.45, 2.75) is 13.3 Å². The predicted molar refractivity (Wildman–Crippen MR) is 139 cm³/mol. The highest BCUT2D eigenvalue weighted by Gasteiger charge is 2.08. The summed E-state index contributed by atoms with van der Waals surface area (Å²) in [6.07, 6.45) is 4.71. The number of carbonyl (C=O) groups excluding carboxylic acids is 2. The van der Waals surface area contributed by atoms with Crippen LogP contribution in [0.3, 0.4) is 0 Å². The summed E-state index contributed by atoms with van der Waals surface area (Å²) < 4.78 is 10.7. The first-order valence-electron chi connectivity index (χ1n) is 11.3. The minimum atomic E-state index is -0.400. The molecule has 0 N–H and O–H groups in total. The van der Waals surface area contributed by atoms with Crippen molar-refractivity contribution in [2.75, 3.05) is 7.11 Å². The molecule has 0 aliphatic heterocycles. The van der Waals surface area contributed by atoms with Gasteiger partial charge in [0.15, 0.2) is 5.78 Å². The minimum Gasteiger partial charge on any atom is -0.497 e. The topological polar surface area (TPSA) is 52.6 Å². The molecule has 0 bridgehead atoms. The van der Waals surface area contributed by atoms with Crippen LogP contribution in [0, 0.1) is 0 Å². The van der Waals surface area contributed by atoms with Crippen molar-refractivity contribution in [1.29, 1.82) is 0 Å². The maximum Gasteiger partial charge on any atom is 0.343 e. The van der Waals surface area contributed by atoms with Gasteiger partial charge in [0.25, 0.3) is 0 Å². The van der Waals surface area contributed by atoms with Crippen LogP contribution in [0.25, 0.3) is 12.2 Å². The zero-order valence-electron chi connectivity index (χ0n) is 19.7. The molecule has 4 nitrogen and oxygen atoms in total. The largest absolute Gasteiger partial charge is 0.497 e. The molecule has 0 spiro atoms. The zero-order valence-corrected chi connectivity index (χ0v) is 19.7. The van der Waals surface area contributed by atoms with Crippen LogP contribution in [0.15, 0.2) is 97.1 Å². The Hall–Kier alpha value is -4.44. The second-order valence-corrected chi connectivity index (χ2v) is 8.19. The van der Waals surface area contributed by atoms with E-state index < -0.39 is 5.97 Å². The fraction of sp³-hybridized carbons (Fsp3) is 0.0968. The summed E-state index contributed by atoms with van der Waals surface area (Å²) in [6, 6.07) is 30.2. The van der Waals surface area contributed by atoms with E-state index in [4.69, 9.17) is 9.47 Å². The molecule has 0 aliphatic carbocycles. The molecule has 0 aliphatic rings. The van der Waals surface area contributed by atoms with Crippen LogP contribution in [0.4, 0.5) is 0 Å². The maximum absolute atomic E-state index is 12.5. The van der Waals surface area contributed by atoms with Gasteiger partial charge in [0.1, 0.15) is 11.5 Å². The molecular weight excluding hydrogens is 436 g/mol. The van der Waals surface area contributed by atoms with E-state index in [0.717, 1.165) is 28.9 Å². The van der Waals surface area contributed by atoms with Gasteiger partial charge in [0, 0.05) is 5.56 Å². The van der Waals surface area contributed by atoms with E-state index in [0.29, 0.717) is 16.9 Å². The highest BCUT2D eigenvalue weighted by Crippen LogP contribution is 2.19. The number of methoxy groups -OCH3 is 1. The Kier molecular flexibility index (Phi) is 7.53. The molecule has 4 aromatic carbocycles.